The van der Waals surface area contributed by atoms with Crippen LogP contribution < -0.4 is 10.5 Å². The van der Waals surface area contributed by atoms with Gasteiger partial charge in [0, 0.05) is 18.8 Å². The van der Waals surface area contributed by atoms with Crippen LogP contribution in [0.5, 0.6) is 5.75 Å². The van der Waals surface area contributed by atoms with Gasteiger partial charge in [0.1, 0.15) is 18.8 Å². The number of nitriles is 2. The van der Waals surface area contributed by atoms with Gasteiger partial charge in [-0.05, 0) is 59.7 Å². The summed E-state index contributed by atoms with van der Waals surface area (Å²) < 4.78 is 60.2. The molecule has 0 saturated heterocycles. The lowest BCUT2D eigenvalue weighted by Crippen LogP contribution is -2.33. The molecule has 2 N–H and O–H groups in total. The molecule has 0 radical (unpaired) electrons. The summed E-state index contributed by atoms with van der Waals surface area (Å²) in [6, 6.07) is 21.9. The molecule has 0 unspecified atom stereocenters. The highest BCUT2D eigenvalue weighted by Gasteiger charge is 2.28. The summed E-state index contributed by atoms with van der Waals surface area (Å²) in [7, 11) is -6.65. The topological polar surface area (TPSA) is 158 Å². The molecule has 0 aromatic heterocycles. The van der Waals surface area contributed by atoms with Crippen molar-refractivity contribution < 1.29 is 21.6 Å². The number of rotatable bonds is 11. The van der Waals surface area contributed by atoms with Crippen LogP contribution in [0, 0.1) is 22.7 Å². The van der Waals surface area contributed by atoms with E-state index in [1.165, 1.54) is 55.6 Å². The van der Waals surface area contributed by atoms with E-state index in [-0.39, 0.29) is 22.9 Å². The van der Waals surface area contributed by atoms with Gasteiger partial charge in [0.2, 0.25) is 20.0 Å². The van der Waals surface area contributed by atoms with Crippen LogP contribution in [-0.2, 0) is 33.1 Å². The first-order chi connectivity index (χ1) is 17.6. The van der Waals surface area contributed by atoms with Gasteiger partial charge in [-0.2, -0.15) is 19.1 Å². The van der Waals surface area contributed by atoms with Crippen LogP contribution in [-0.4, -0.2) is 45.6 Å². The number of nitrogen functional groups attached to an aromatic ring is 1. The van der Waals surface area contributed by atoms with Crippen molar-refractivity contribution in [2.75, 3.05) is 25.9 Å². The molecule has 0 amide bonds. The van der Waals surface area contributed by atoms with Crippen LogP contribution in [0.15, 0.2) is 82.6 Å². The molecule has 0 heterocycles. The number of hydrogen-bond donors (Lipinski definition) is 1. The molecule has 0 bridgehead atoms. The summed E-state index contributed by atoms with van der Waals surface area (Å²) in [5.74, 6) is 0.482. The molecule has 0 aliphatic carbocycles. The van der Waals surface area contributed by atoms with Gasteiger partial charge in [-0.25, -0.2) is 16.8 Å². The number of methoxy groups -OCH3 is 1. The van der Waals surface area contributed by atoms with E-state index < -0.39 is 33.1 Å². The first-order valence-corrected chi connectivity index (χ1v) is 13.8. The molecule has 192 valence electrons. The molecule has 0 fully saturated rings. The second-order valence-electron chi connectivity index (χ2n) is 7.88. The molecule has 0 saturated carbocycles. The molecule has 3 aromatic carbocycles. The molecule has 0 aliphatic heterocycles. The van der Waals surface area contributed by atoms with Crippen molar-refractivity contribution in [2.45, 2.75) is 22.9 Å². The Morgan fingerprint density at radius 3 is 1.51 bits per heavy atom. The van der Waals surface area contributed by atoms with Gasteiger partial charge in [0.15, 0.2) is 0 Å². The average molecular weight is 540 g/mol. The summed E-state index contributed by atoms with van der Waals surface area (Å²) in [6.07, 6.45) is 0. The fraction of sp³-hybridized carbons (Fsp3) is 0.200. The quantitative estimate of drug-likeness (QED) is 0.288. The maximum absolute atomic E-state index is 13.3. The zero-order chi connectivity index (χ0) is 27.1. The van der Waals surface area contributed by atoms with Gasteiger partial charge in [-0.3, -0.25) is 0 Å². The van der Waals surface area contributed by atoms with Gasteiger partial charge in [0.05, 0.1) is 29.0 Å². The first kappa shape index (κ1) is 27.6. The Labute approximate surface area is 216 Å². The van der Waals surface area contributed by atoms with Crippen molar-refractivity contribution in [3.8, 4) is 17.9 Å². The molecule has 0 spiro atoms. The van der Waals surface area contributed by atoms with Gasteiger partial charge in [-0.15, -0.1) is 0 Å². The summed E-state index contributed by atoms with van der Waals surface area (Å²) in [4.78, 5) is -0.0410. The van der Waals surface area contributed by atoms with Gasteiger partial charge < -0.3 is 10.5 Å². The van der Waals surface area contributed by atoms with E-state index in [0.29, 0.717) is 22.6 Å². The fourth-order valence-corrected chi connectivity index (χ4v) is 6.17. The lowest BCUT2D eigenvalue weighted by molar-refractivity contribution is 0.413. The Bertz CT molecular complexity index is 1530. The number of sulfonamides is 2. The van der Waals surface area contributed by atoms with Crippen LogP contribution >= 0.6 is 0 Å². The Kier molecular flexibility index (Phi) is 8.86. The van der Waals surface area contributed by atoms with Crippen molar-refractivity contribution >= 4 is 25.7 Å². The van der Waals surface area contributed by atoms with Crippen molar-refractivity contribution in [3.05, 3.63) is 83.9 Å². The SMILES string of the molecule is COc1ccc(S(=O)(=O)N(CC#N)Cc2ccccc2CN(CC#N)S(=O)(=O)c2ccc(N)cc2)cc1. The number of benzene rings is 3. The normalized spacial score (nSPS) is 11.7. The zero-order valence-corrected chi connectivity index (χ0v) is 21.6. The Hall–Kier alpha value is -3.94. The number of ether oxygens (including phenoxy) is 1. The smallest absolute Gasteiger partial charge is 0.244 e. The number of nitrogens with two attached hydrogens (primary N) is 1. The van der Waals surface area contributed by atoms with Crippen molar-refractivity contribution in [3.63, 3.8) is 0 Å². The largest absolute Gasteiger partial charge is 0.497 e. The van der Waals surface area contributed by atoms with Gasteiger partial charge >= 0.3 is 0 Å². The second kappa shape index (κ2) is 11.9. The minimum Gasteiger partial charge on any atom is -0.497 e. The van der Waals surface area contributed by atoms with Crippen molar-refractivity contribution in [2.24, 2.45) is 0 Å². The highest BCUT2D eigenvalue weighted by Crippen LogP contribution is 2.25. The van der Waals surface area contributed by atoms with Crippen LogP contribution in [0.25, 0.3) is 0 Å². The number of anilines is 1. The first-order valence-electron chi connectivity index (χ1n) is 10.9. The number of hydrogen-bond acceptors (Lipinski definition) is 8. The maximum Gasteiger partial charge on any atom is 0.244 e. The van der Waals surface area contributed by atoms with Crippen LogP contribution in [0.4, 0.5) is 5.69 Å². The molecule has 12 heteroatoms. The van der Waals surface area contributed by atoms with E-state index in [0.717, 1.165) is 8.61 Å². The third-order valence-corrected chi connectivity index (χ3v) is 9.13. The third kappa shape index (κ3) is 6.44. The van der Waals surface area contributed by atoms with Crippen LogP contribution in [0.3, 0.4) is 0 Å². The molecular formula is C25H25N5O5S2. The van der Waals surface area contributed by atoms with E-state index in [1.807, 2.05) is 12.1 Å². The lowest BCUT2D eigenvalue weighted by atomic mass is 10.1. The molecule has 3 rings (SSSR count). The molecule has 3 aromatic rings. The van der Waals surface area contributed by atoms with Crippen LogP contribution in [0.2, 0.25) is 0 Å². The van der Waals surface area contributed by atoms with E-state index in [4.69, 9.17) is 10.5 Å². The predicted octanol–water partition coefficient (Wildman–Crippen LogP) is 2.71. The highest BCUT2D eigenvalue weighted by atomic mass is 32.2. The Balaban J connectivity index is 1.95. The second-order valence-corrected chi connectivity index (χ2v) is 11.8. The van der Waals surface area contributed by atoms with E-state index in [9.17, 15) is 27.4 Å². The van der Waals surface area contributed by atoms with E-state index >= 15 is 0 Å². The lowest BCUT2D eigenvalue weighted by Gasteiger charge is -2.24. The fourth-order valence-electron chi connectivity index (χ4n) is 3.54. The van der Waals surface area contributed by atoms with Crippen molar-refractivity contribution in [1.29, 1.82) is 10.5 Å². The Morgan fingerprint density at radius 2 is 1.14 bits per heavy atom. The van der Waals surface area contributed by atoms with E-state index in [2.05, 4.69) is 0 Å². The predicted molar refractivity (Wildman–Crippen MR) is 137 cm³/mol. The minimum absolute atomic E-state index is 0.0157. The van der Waals surface area contributed by atoms with Crippen LogP contribution in [0.1, 0.15) is 11.1 Å². The molecule has 10 nitrogen and oxygen atoms in total. The molecule has 0 atom stereocenters. The minimum atomic E-state index is -4.06. The van der Waals surface area contributed by atoms with Gasteiger partial charge in [-0.1, -0.05) is 24.3 Å². The standard InChI is InChI=1S/C25H25N5O5S2/c1-35-23-8-12-25(13-9-23)37(33,34)30(17-15-27)19-21-5-3-2-4-20(21)18-29(16-14-26)36(31,32)24-10-6-22(28)7-11-24/h2-13H,16-19,28H2,1H3. The average Bonchev–Trinajstić information content (AvgIpc) is 2.89. The summed E-state index contributed by atoms with van der Waals surface area (Å²) in [5, 5.41) is 18.7. The third-order valence-electron chi connectivity index (χ3n) is 5.52. The van der Waals surface area contributed by atoms with E-state index in [1.54, 1.807) is 24.3 Å². The zero-order valence-electron chi connectivity index (χ0n) is 20.0. The summed E-state index contributed by atoms with van der Waals surface area (Å²) in [5.41, 5.74) is 7.04. The maximum atomic E-state index is 13.3. The Morgan fingerprint density at radius 1 is 0.730 bits per heavy atom. The molecular weight excluding hydrogens is 514 g/mol. The molecule has 0 aliphatic rings. The van der Waals surface area contributed by atoms with Crippen molar-refractivity contribution in [1.82, 2.24) is 8.61 Å². The summed E-state index contributed by atoms with van der Waals surface area (Å²) in [6.45, 7) is -1.21. The monoisotopic (exact) mass is 539 g/mol. The number of nitrogens with zero attached hydrogens (tertiary/aromatic N) is 4. The van der Waals surface area contributed by atoms with Gasteiger partial charge in [0.25, 0.3) is 0 Å². The molecule has 37 heavy (non-hydrogen) atoms. The highest BCUT2D eigenvalue weighted by molar-refractivity contribution is 7.89. The summed E-state index contributed by atoms with van der Waals surface area (Å²) >= 11 is 0.